The molecule has 1 N–H and O–H groups in total. The summed E-state index contributed by atoms with van der Waals surface area (Å²) in [7, 11) is 0. The Morgan fingerprint density at radius 1 is 1.11 bits per heavy atom. The van der Waals surface area contributed by atoms with Gasteiger partial charge in [-0.05, 0) is 12.6 Å². The van der Waals surface area contributed by atoms with E-state index in [2.05, 4.69) is 20.3 Å². The molecule has 0 saturated carbocycles. The molecule has 0 unspecified atom stereocenters. The minimum atomic E-state index is 0.446. The number of rotatable bonds is 4. The lowest BCUT2D eigenvalue weighted by atomic mass is 10.3. The average molecular weight is 283 g/mol. The van der Waals surface area contributed by atoms with Gasteiger partial charge in [0.05, 0.1) is 10.0 Å². The summed E-state index contributed by atoms with van der Waals surface area (Å²) < 4.78 is 0. The molecule has 2 aromatic rings. The van der Waals surface area contributed by atoms with Crippen LogP contribution in [0.25, 0.3) is 11.5 Å². The molecule has 0 bridgehead atoms. The molecule has 2 heterocycles. The molecule has 0 aromatic carbocycles. The molecule has 2 aromatic heterocycles. The van der Waals surface area contributed by atoms with Gasteiger partial charge in [0.25, 0.3) is 0 Å². The lowest BCUT2D eigenvalue weighted by Gasteiger charge is -2.04. The lowest BCUT2D eigenvalue weighted by molar-refractivity contribution is 0.721. The summed E-state index contributed by atoms with van der Waals surface area (Å²) >= 11 is 11.8. The number of nitrogens with zero attached hydrogens (tertiary/aromatic N) is 3. The zero-order chi connectivity index (χ0) is 13.0. The van der Waals surface area contributed by atoms with Crippen LogP contribution in [0.2, 0.25) is 10.0 Å². The van der Waals surface area contributed by atoms with Crippen LogP contribution in [0.5, 0.6) is 0 Å². The third-order valence-electron chi connectivity index (χ3n) is 2.30. The van der Waals surface area contributed by atoms with Crippen LogP contribution in [-0.2, 0) is 6.54 Å². The summed E-state index contributed by atoms with van der Waals surface area (Å²) in [6.45, 7) is 3.71. The number of pyridine rings is 1. The van der Waals surface area contributed by atoms with E-state index in [0.29, 0.717) is 21.6 Å². The van der Waals surface area contributed by atoms with Crippen LogP contribution in [0.3, 0.4) is 0 Å². The van der Waals surface area contributed by atoms with E-state index in [1.807, 2.05) is 6.92 Å². The van der Waals surface area contributed by atoms with Crippen molar-refractivity contribution in [2.45, 2.75) is 13.5 Å². The van der Waals surface area contributed by atoms with E-state index in [1.165, 1.54) is 6.20 Å². The summed E-state index contributed by atoms with van der Waals surface area (Å²) in [5, 5.41) is 4.14. The maximum Gasteiger partial charge on any atom is 0.179 e. The van der Waals surface area contributed by atoms with Crippen LogP contribution < -0.4 is 5.32 Å². The van der Waals surface area contributed by atoms with Gasteiger partial charge in [-0.1, -0.05) is 30.1 Å². The zero-order valence-electron chi connectivity index (χ0n) is 9.82. The number of aromatic nitrogens is 3. The van der Waals surface area contributed by atoms with Gasteiger partial charge in [0.1, 0.15) is 5.69 Å². The van der Waals surface area contributed by atoms with Gasteiger partial charge in [0.2, 0.25) is 0 Å². The normalized spacial score (nSPS) is 10.6. The Balaban J connectivity index is 2.23. The molecule has 0 aliphatic rings. The first-order chi connectivity index (χ1) is 8.70. The average Bonchev–Trinajstić information content (AvgIpc) is 2.37. The summed E-state index contributed by atoms with van der Waals surface area (Å²) in [6.07, 6.45) is 5.05. The third kappa shape index (κ3) is 3.16. The molecule has 0 saturated heterocycles. The second kappa shape index (κ2) is 6.09. The predicted molar refractivity (Wildman–Crippen MR) is 72.7 cm³/mol. The molecule has 0 aliphatic heterocycles. The van der Waals surface area contributed by atoms with E-state index in [4.69, 9.17) is 23.2 Å². The van der Waals surface area contributed by atoms with Crippen LogP contribution in [0.1, 0.15) is 12.5 Å². The van der Waals surface area contributed by atoms with E-state index in [0.717, 1.165) is 18.7 Å². The fourth-order valence-corrected chi connectivity index (χ4v) is 1.88. The highest BCUT2D eigenvalue weighted by Gasteiger charge is 2.08. The van der Waals surface area contributed by atoms with Crippen LogP contribution >= 0.6 is 23.2 Å². The number of nitrogens with one attached hydrogen (secondary N) is 1. The van der Waals surface area contributed by atoms with Crippen molar-refractivity contribution in [3.8, 4) is 11.5 Å². The van der Waals surface area contributed by atoms with Gasteiger partial charge in [-0.3, -0.25) is 0 Å². The monoisotopic (exact) mass is 282 g/mol. The molecule has 0 radical (unpaired) electrons. The van der Waals surface area contributed by atoms with Gasteiger partial charge in [-0.2, -0.15) is 0 Å². The SMILES string of the molecule is CCNCc1cnc(-c2ncc(Cl)cc2Cl)nc1. The first-order valence-corrected chi connectivity index (χ1v) is 6.29. The van der Waals surface area contributed by atoms with Crippen molar-refractivity contribution in [1.29, 1.82) is 0 Å². The molecule has 18 heavy (non-hydrogen) atoms. The van der Waals surface area contributed by atoms with Crippen molar-refractivity contribution in [2.24, 2.45) is 0 Å². The Hall–Kier alpha value is -1.23. The summed E-state index contributed by atoms with van der Waals surface area (Å²) in [6, 6.07) is 1.63. The first-order valence-electron chi connectivity index (χ1n) is 5.53. The zero-order valence-corrected chi connectivity index (χ0v) is 11.3. The van der Waals surface area contributed by atoms with Gasteiger partial charge in [-0.15, -0.1) is 0 Å². The van der Waals surface area contributed by atoms with Crippen LogP contribution in [0.15, 0.2) is 24.7 Å². The smallest absolute Gasteiger partial charge is 0.179 e. The molecule has 2 rings (SSSR count). The molecule has 6 heteroatoms. The Labute approximate surface area is 115 Å². The molecule has 0 fully saturated rings. The standard InChI is InChI=1S/C12H12Cl2N4/c1-2-15-4-8-5-17-12(18-6-8)11-10(14)3-9(13)7-16-11/h3,5-7,15H,2,4H2,1H3. The van der Waals surface area contributed by atoms with E-state index >= 15 is 0 Å². The van der Waals surface area contributed by atoms with E-state index in [-0.39, 0.29) is 0 Å². The van der Waals surface area contributed by atoms with Crippen molar-refractivity contribution in [1.82, 2.24) is 20.3 Å². The maximum atomic E-state index is 6.05. The largest absolute Gasteiger partial charge is 0.313 e. The summed E-state index contributed by atoms with van der Waals surface area (Å²) in [4.78, 5) is 12.6. The van der Waals surface area contributed by atoms with E-state index in [1.54, 1.807) is 18.5 Å². The van der Waals surface area contributed by atoms with E-state index in [9.17, 15) is 0 Å². The predicted octanol–water partition coefficient (Wildman–Crippen LogP) is 2.95. The van der Waals surface area contributed by atoms with Crippen molar-refractivity contribution >= 4 is 23.2 Å². The Bertz CT molecular complexity index is 528. The highest BCUT2D eigenvalue weighted by atomic mass is 35.5. The van der Waals surface area contributed by atoms with Gasteiger partial charge in [0, 0.05) is 30.7 Å². The van der Waals surface area contributed by atoms with Gasteiger partial charge in [0.15, 0.2) is 5.82 Å². The first kappa shape index (κ1) is 13.2. The van der Waals surface area contributed by atoms with Crippen molar-refractivity contribution in [2.75, 3.05) is 6.54 Å². The lowest BCUT2D eigenvalue weighted by Crippen LogP contribution is -2.12. The quantitative estimate of drug-likeness (QED) is 0.937. The second-order valence-electron chi connectivity index (χ2n) is 3.68. The molecule has 0 spiro atoms. The Morgan fingerprint density at radius 2 is 1.83 bits per heavy atom. The highest BCUT2D eigenvalue weighted by Crippen LogP contribution is 2.24. The second-order valence-corrected chi connectivity index (χ2v) is 4.52. The molecule has 4 nitrogen and oxygen atoms in total. The number of hydrogen-bond acceptors (Lipinski definition) is 4. The van der Waals surface area contributed by atoms with Crippen molar-refractivity contribution in [3.05, 3.63) is 40.3 Å². The van der Waals surface area contributed by atoms with Crippen LogP contribution in [-0.4, -0.2) is 21.5 Å². The fourth-order valence-electron chi connectivity index (χ4n) is 1.42. The van der Waals surface area contributed by atoms with Gasteiger partial charge >= 0.3 is 0 Å². The maximum absolute atomic E-state index is 6.05. The van der Waals surface area contributed by atoms with Gasteiger partial charge in [-0.25, -0.2) is 15.0 Å². The van der Waals surface area contributed by atoms with Crippen molar-refractivity contribution in [3.63, 3.8) is 0 Å². The van der Waals surface area contributed by atoms with Crippen LogP contribution in [0, 0.1) is 0 Å². The fraction of sp³-hybridized carbons (Fsp3) is 0.250. The molecule has 0 amide bonds. The third-order valence-corrected chi connectivity index (χ3v) is 2.80. The van der Waals surface area contributed by atoms with Gasteiger partial charge < -0.3 is 5.32 Å². The molecule has 0 aliphatic carbocycles. The molecule has 0 atom stereocenters. The number of halogens is 2. The molecular formula is C12H12Cl2N4. The molecule has 94 valence electrons. The van der Waals surface area contributed by atoms with E-state index < -0.39 is 0 Å². The highest BCUT2D eigenvalue weighted by molar-refractivity contribution is 6.35. The topological polar surface area (TPSA) is 50.7 Å². The van der Waals surface area contributed by atoms with Crippen molar-refractivity contribution < 1.29 is 0 Å². The summed E-state index contributed by atoms with van der Waals surface area (Å²) in [5.74, 6) is 0.497. The molecular weight excluding hydrogens is 271 g/mol. The van der Waals surface area contributed by atoms with Crippen LogP contribution in [0.4, 0.5) is 0 Å². The minimum absolute atomic E-state index is 0.446. The minimum Gasteiger partial charge on any atom is -0.313 e. The Morgan fingerprint density at radius 3 is 2.44 bits per heavy atom. The summed E-state index contributed by atoms with van der Waals surface area (Å²) in [5.41, 5.74) is 1.56. The number of hydrogen-bond donors (Lipinski definition) is 1. The Kier molecular flexibility index (Phi) is 4.47.